The van der Waals surface area contributed by atoms with Gasteiger partial charge < -0.3 is 0 Å². The van der Waals surface area contributed by atoms with Crippen molar-refractivity contribution in [3.05, 3.63) is 70.8 Å². The fourth-order valence-corrected chi connectivity index (χ4v) is 7.78. The third kappa shape index (κ3) is 14.7. The molecular formula is C46H80. The molecule has 4 rings (SSSR count). The summed E-state index contributed by atoms with van der Waals surface area (Å²) in [4.78, 5) is 0. The van der Waals surface area contributed by atoms with Crippen LogP contribution in [0.4, 0.5) is 0 Å². The summed E-state index contributed by atoms with van der Waals surface area (Å²) < 4.78 is 0. The predicted octanol–water partition coefficient (Wildman–Crippen LogP) is 15.3. The number of benzene rings is 2. The second-order valence-electron chi connectivity index (χ2n) is 17.5. The smallest absolute Gasteiger partial charge is 0.0216 e. The van der Waals surface area contributed by atoms with E-state index in [-0.39, 0.29) is 0 Å². The summed E-state index contributed by atoms with van der Waals surface area (Å²) in [6.45, 7) is 36.9. The number of hydrogen-bond donors (Lipinski definition) is 0. The maximum absolute atomic E-state index is 2.38. The first-order valence-electron chi connectivity index (χ1n) is 19.7. The second-order valence-corrected chi connectivity index (χ2v) is 17.5. The summed E-state index contributed by atoms with van der Waals surface area (Å²) in [6, 6.07) is 17.6. The predicted molar refractivity (Wildman–Crippen MR) is 210 cm³/mol. The molecule has 0 radical (unpaired) electrons. The van der Waals surface area contributed by atoms with Crippen molar-refractivity contribution in [1.82, 2.24) is 0 Å². The highest BCUT2D eigenvalue weighted by atomic mass is 14.4. The van der Waals surface area contributed by atoms with Gasteiger partial charge in [-0.1, -0.05) is 166 Å². The second kappa shape index (κ2) is 21.4. The maximum Gasteiger partial charge on any atom is -0.0216 e. The molecule has 4 atom stereocenters. The maximum atomic E-state index is 2.38. The molecule has 0 amide bonds. The van der Waals surface area contributed by atoms with Crippen molar-refractivity contribution in [2.75, 3.05) is 0 Å². The van der Waals surface area contributed by atoms with E-state index < -0.39 is 0 Å². The molecule has 0 spiro atoms. The van der Waals surface area contributed by atoms with Crippen molar-refractivity contribution in [3.63, 3.8) is 0 Å². The molecular weight excluding hydrogens is 553 g/mol. The first-order chi connectivity index (χ1) is 21.5. The first kappa shape index (κ1) is 42.5. The average molecular weight is 633 g/mol. The minimum absolute atomic E-state index is 0.642. The van der Waals surface area contributed by atoms with Crippen LogP contribution in [0.25, 0.3) is 0 Å². The molecule has 2 aromatic rings. The molecule has 46 heavy (non-hydrogen) atoms. The number of rotatable bonds is 8. The summed E-state index contributed by atoms with van der Waals surface area (Å²) >= 11 is 0. The molecule has 0 aliphatic heterocycles. The van der Waals surface area contributed by atoms with Gasteiger partial charge in [-0.25, -0.2) is 0 Å². The Morgan fingerprint density at radius 3 is 1.04 bits per heavy atom. The van der Waals surface area contributed by atoms with E-state index in [0.717, 1.165) is 47.3 Å². The molecule has 0 heteroatoms. The average Bonchev–Trinajstić information content (AvgIpc) is 3.70. The Hall–Kier alpha value is -1.56. The quantitative estimate of drug-likeness (QED) is 0.272. The lowest BCUT2D eigenvalue weighted by atomic mass is 9.80. The molecule has 0 saturated heterocycles. The lowest BCUT2D eigenvalue weighted by Gasteiger charge is -2.26. The molecule has 0 N–H and O–H groups in total. The van der Waals surface area contributed by atoms with Gasteiger partial charge in [-0.15, -0.1) is 0 Å². The van der Waals surface area contributed by atoms with Gasteiger partial charge >= 0.3 is 0 Å². The molecule has 0 aromatic heterocycles. The fraction of sp³-hybridized carbons (Fsp3) is 0.739. The van der Waals surface area contributed by atoms with Crippen molar-refractivity contribution in [1.29, 1.82) is 0 Å². The Morgan fingerprint density at radius 2 is 0.783 bits per heavy atom. The van der Waals surface area contributed by atoms with Crippen LogP contribution in [0.1, 0.15) is 195 Å². The van der Waals surface area contributed by atoms with E-state index in [1.54, 1.807) is 0 Å². The normalized spacial score (nSPS) is 21.2. The lowest BCUT2D eigenvalue weighted by Crippen LogP contribution is -2.18. The van der Waals surface area contributed by atoms with Crippen LogP contribution in [0, 0.1) is 47.3 Å². The van der Waals surface area contributed by atoms with Crippen molar-refractivity contribution < 1.29 is 0 Å². The summed E-state index contributed by atoms with van der Waals surface area (Å²) in [5, 5.41) is 0. The minimum atomic E-state index is 0.642. The zero-order chi connectivity index (χ0) is 35.1. The minimum Gasteiger partial charge on any atom is -0.0625 e. The zero-order valence-corrected chi connectivity index (χ0v) is 33.8. The van der Waals surface area contributed by atoms with Crippen LogP contribution in [0.3, 0.4) is 0 Å². The lowest BCUT2D eigenvalue weighted by molar-refractivity contribution is 0.235. The van der Waals surface area contributed by atoms with Gasteiger partial charge in [0.2, 0.25) is 0 Å². The van der Waals surface area contributed by atoms with E-state index in [0.29, 0.717) is 23.7 Å². The van der Waals surface area contributed by atoms with Crippen LogP contribution in [0.15, 0.2) is 48.5 Å². The van der Waals surface area contributed by atoms with Gasteiger partial charge in [0.05, 0.1) is 0 Å². The molecule has 2 aromatic carbocycles. The largest absolute Gasteiger partial charge is 0.0625 e. The highest BCUT2D eigenvalue weighted by Crippen LogP contribution is 2.41. The third-order valence-electron chi connectivity index (χ3n) is 11.2. The fourth-order valence-electron chi connectivity index (χ4n) is 7.78. The van der Waals surface area contributed by atoms with Crippen LogP contribution in [-0.2, 0) is 0 Å². The van der Waals surface area contributed by atoms with Crippen molar-refractivity contribution in [3.8, 4) is 0 Å². The molecule has 4 unspecified atom stereocenters. The van der Waals surface area contributed by atoms with Crippen molar-refractivity contribution in [2.45, 2.75) is 173 Å². The van der Waals surface area contributed by atoms with E-state index in [1.165, 1.54) is 60.8 Å². The van der Waals surface area contributed by atoms with Crippen LogP contribution >= 0.6 is 0 Å². The zero-order valence-electron chi connectivity index (χ0n) is 33.8. The first-order valence-corrected chi connectivity index (χ1v) is 19.7. The third-order valence-corrected chi connectivity index (χ3v) is 11.2. The topological polar surface area (TPSA) is 0 Å². The summed E-state index contributed by atoms with van der Waals surface area (Å²) in [5.41, 5.74) is 5.88. The molecule has 2 aliphatic rings. The number of hydrogen-bond acceptors (Lipinski definition) is 0. The Kier molecular flexibility index (Phi) is 19.8. The molecule has 0 nitrogen and oxygen atoms in total. The summed E-state index contributed by atoms with van der Waals surface area (Å²) in [7, 11) is 0. The summed E-state index contributed by atoms with van der Waals surface area (Å²) in [6.07, 6.45) is 8.92. The SMILES string of the molecule is CC(C)C1CCC(C(C)C)C1.CC(C)C1CCCC1C(C)C.CC(C)c1cccc(C(C)C)c1.CC(C)c1ccccc1C(C)C. The molecule has 2 saturated carbocycles. The van der Waals surface area contributed by atoms with E-state index in [1.807, 2.05) is 0 Å². The van der Waals surface area contributed by atoms with Crippen molar-refractivity contribution in [2.24, 2.45) is 47.3 Å². The van der Waals surface area contributed by atoms with Crippen LogP contribution in [0.2, 0.25) is 0 Å². The Labute approximate surface area is 290 Å². The van der Waals surface area contributed by atoms with Crippen LogP contribution in [-0.4, -0.2) is 0 Å². The van der Waals surface area contributed by atoms with Gasteiger partial charge in [-0.3, -0.25) is 0 Å². The Bertz CT molecular complexity index is 971. The Morgan fingerprint density at radius 1 is 0.413 bits per heavy atom. The summed E-state index contributed by atoms with van der Waals surface area (Å²) in [5.74, 6) is 10.3. The van der Waals surface area contributed by atoms with Crippen LogP contribution in [0.5, 0.6) is 0 Å². The monoisotopic (exact) mass is 633 g/mol. The Balaban J connectivity index is 0.000000307. The van der Waals surface area contributed by atoms with E-state index in [4.69, 9.17) is 0 Å². The molecule has 0 bridgehead atoms. The molecule has 2 fully saturated rings. The van der Waals surface area contributed by atoms with Gasteiger partial charge in [-0.2, -0.15) is 0 Å². The molecule has 264 valence electrons. The van der Waals surface area contributed by atoms with Crippen LogP contribution < -0.4 is 0 Å². The standard InChI is InChI=1S/2C12H18.2C11H22/c1-9(2)11-6-5-7-12(8-11)10(3)4;1-9(2)11-7-5-6-8-12(11)10(3)4;1-8(2)10-5-6-11(7-10)9(3)4;1-8(2)10-6-5-7-11(10)9(3)4/h2*5-10H,1-4H3;2*8-11H,5-7H2,1-4H3. The van der Waals surface area contributed by atoms with E-state index >= 15 is 0 Å². The highest BCUT2D eigenvalue weighted by Gasteiger charge is 2.31. The van der Waals surface area contributed by atoms with Gasteiger partial charge in [0, 0.05) is 0 Å². The van der Waals surface area contributed by atoms with Gasteiger partial charge in [-0.05, 0) is 125 Å². The van der Waals surface area contributed by atoms with Gasteiger partial charge in [0.25, 0.3) is 0 Å². The van der Waals surface area contributed by atoms with Gasteiger partial charge in [0.15, 0.2) is 0 Å². The molecule has 0 heterocycles. The molecule has 2 aliphatic carbocycles. The van der Waals surface area contributed by atoms with Crippen molar-refractivity contribution >= 4 is 0 Å². The van der Waals surface area contributed by atoms with E-state index in [9.17, 15) is 0 Å². The van der Waals surface area contributed by atoms with E-state index in [2.05, 4.69) is 159 Å². The van der Waals surface area contributed by atoms with Gasteiger partial charge in [0.1, 0.15) is 0 Å². The highest BCUT2D eigenvalue weighted by molar-refractivity contribution is 5.32.